The van der Waals surface area contributed by atoms with Gasteiger partial charge in [-0.1, -0.05) is 41.5 Å². The minimum atomic E-state index is 0.889. The lowest BCUT2D eigenvalue weighted by Gasteiger charge is -2.44. The molecule has 0 spiro atoms. The highest BCUT2D eigenvalue weighted by Gasteiger charge is 2.46. The van der Waals surface area contributed by atoms with Gasteiger partial charge in [0, 0.05) is 0 Å². The summed E-state index contributed by atoms with van der Waals surface area (Å²) >= 11 is 0. The third-order valence-corrected chi connectivity index (χ3v) is 6.29. The Morgan fingerprint density at radius 2 is 1.22 bits per heavy atom. The lowest BCUT2D eigenvalue weighted by molar-refractivity contribution is 0.0486. The van der Waals surface area contributed by atoms with Crippen LogP contribution in [0.3, 0.4) is 0 Å². The normalized spacial score (nSPS) is 40.8. The summed E-state index contributed by atoms with van der Waals surface area (Å²) in [6.45, 7) is 14.7. The molecule has 0 amide bonds. The molecule has 0 aromatic rings. The van der Waals surface area contributed by atoms with E-state index in [9.17, 15) is 0 Å². The maximum atomic E-state index is 2.47. The fourth-order valence-electron chi connectivity index (χ4n) is 5.12. The molecule has 2 rings (SSSR count). The Morgan fingerprint density at radius 3 is 1.72 bits per heavy atom. The van der Waals surface area contributed by atoms with Crippen molar-refractivity contribution in [3.05, 3.63) is 0 Å². The van der Waals surface area contributed by atoms with E-state index in [0.29, 0.717) is 0 Å². The van der Waals surface area contributed by atoms with Crippen molar-refractivity contribution >= 4 is 0 Å². The van der Waals surface area contributed by atoms with Crippen LogP contribution in [0.5, 0.6) is 0 Å². The highest BCUT2D eigenvalue weighted by atomic mass is 14.5. The van der Waals surface area contributed by atoms with Gasteiger partial charge in [0.25, 0.3) is 0 Å². The van der Waals surface area contributed by atoms with Crippen LogP contribution in [0, 0.1) is 47.3 Å². The average molecular weight is 250 g/mol. The highest BCUT2D eigenvalue weighted by Crippen LogP contribution is 2.55. The maximum absolute atomic E-state index is 2.47. The van der Waals surface area contributed by atoms with Gasteiger partial charge in [-0.2, -0.15) is 0 Å². The van der Waals surface area contributed by atoms with Gasteiger partial charge in [0.2, 0.25) is 0 Å². The van der Waals surface area contributed by atoms with Crippen LogP contribution in [0.1, 0.15) is 67.2 Å². The SMILES string of the molecule is CC(C)C1CC(C(C)C)C2CCC(C(C)C)C2C1. The largest absolute Gasteiger partial charge is 0.0625 e. The van der Waals surface area contributed by atoms with E-state index < -0.39 is 0 Å². The predicted molar refractivity (Wildman–Crippen MR) is 80.4 cm³/mol. The molecule has 2 aliphatic rings. The van der Waals surface area contributed by atoms with Crippen molar-refractivity contribution in [1.82, 2.24) is 0 Å². The summed E-state index contributed by atoms with van der Waals surface area (Å²) in [5.74, 6) is 7.84. The van der Waals surface area contributed by atoms with Gasteiger partial charge >= 0.3 is 0 Å². The second-order valence-electron chi connectivity index (χ2n) is 8.20. The zero-order valence-corrected chi connectivity index (χ0v) is 13.4. The first-order chi connectivity index (χ1) is 8.41. The van der Waals surface area contributed by atoms with E-state index in [4.69, 9.17) is 0 Å². The minimum absolute atomic E-state index is 0.889. The first-order valence-corrected chi connectivity index (χ1v) is 8.41. The van der Waals surface area contributed by atoms with E-state index in [1.165, 1.54) is 25.7 Å². The molecule has 0 N–H and O–H groups in total. The second kappa shape index (κ2) is 5.55. The average Bonchev–Trinajstić information content (AvgIpc) is 2.70. The molecule has 2 saturated carbocycles. The fourth-order valence-corrected chi connectivity index (χ4v) is 5.12. The molecule has 2 fully saturated rings. The first-order valence-electron chi connectivity index (χ1n) is 8.41. The third kappa shape index (κ3) is 2.63. The molecule has 0 aromatic carbocycles. The maximum Gasteiger partial charge on any atom is -0.0349 e. The molecule has 0 radical (unpaired) electrons. The molecule has 18 heavy (non-hydrogen) atoms. The van der Waals surface area contributed by atoms with E-state index in [-0.39, 0.29) is 0 Å². The van der Waals surface area contributed by atoms with Crippen LogP contribution in [0.2, 0.25) is 0 Å². The van der Waals surface area contributed by atoms with Crippen LogP contribution in [0.15, 0.2) is 0 Å². The minimum Gasteiger partial charge on any atom is -0.0625 e. The van der Waals surface area contributed by atoms with Crippen LogP contribution in [0.25, 0.3) is 0 Å². The summed E-state index contributed by atoms with van der Waals surface area (Å²) in [6.07, 6.45) is 6.10. The molecule has 0 bridgehead atoms. The molecule has 2 aliphatic carbocycles. The van der Waals surface area contributed by atoms with Crippen molar-refractivity contribution in [1.29, 1.82) is 0 Å². The number of rotatable bonds is 3. The molecule has 0 heterocycles. The van der Waals surface area contributed by atoms with Gasteiger partial charge in [-0.15, -0.1) is 0 Å². The van der Waals surface area contributed by atoms with E-state index >= 15 is 0 Å². The van der Waals surface area contributed by atoms with Crippen LogP contribution >= 0.6 is 0 Å². The van der Waals surface area contributed by atoms with Crippen molar-refractivity contribution in [2.75, 3.05) is 0 Å². The predicted octanol–water partition coefficient (Wildman–Crippen LogP) is 5.62. The van der Waals surface area contributed by atoms with E-state index in [1.807, 2.05) is 0 Å². The van der Waals surface area contributed by atoms with Crippen molar-refractivity contribution in [3.63, 3.8) is 0 Å². The molecular weight excluding hydrogens is 216 g/mol. The summed E-state index contributed by atoms with van der Waals surface area (Å²) in [7, 11) is 0. The van der Waals surface area contributed by atoms with E-state index in [1.54, 1.807) is 0 Å². The van der Waals surface area contributed by atoms with Crippen LogP contribution < -0.4 is 0 Å². The summed E-state index contributed by atoms with van der Waals surface area (Å²) in [5, 5.41) is 0. The lowest BCUT2D eigenvalue weighted by atomic mass is 9.61. The Labute approximate surface area is 115 Å². The molecule has 0 aromatic heterocycles. The lowest BCUT2D eigenvalue weighted by Crippen LogP contribution is -2.37. The van der Waals surface area contributed by atoms with Crippen molar-refractivity contribution in [3.8, 4) is 0 Å². The molecular formula is C18H34. The molecule has 0 saturated heterocycles. The Morgan fingerprint density at radius 1 is 0.611 bits per heavy atom. The molecule has 5 atom stereocenters. The van der Waals surface area contributed by atoms with Gasteiger partial charge < -0.3 is 0 Å². The van der Waals surface area contributed by atoms with Crippen LogP contribution in [-0.2, 0) is 0 Å². The number of fused-ring (bicyclic) bond motifs is 1. The van der Waals surface area contributed by atoms with Crippen molar-refractivity contribution in [2.24, 2.45) is 47.3 Å². The molecule has 0 nitrogen and oxygen atoms in total. The van der Waals surface area contributed by atoms with Gasteiger partial charge in [0.05, 0.1) is 0 Å². The monoisotopic (exact) mass is 250 g/mol. The van der Waals surface area contributed by atoms with Crippen molar-refractivity contribution in [2.45, 2.75) is 67.2 Å². The smallest absolute Gasteiger partial charge is 0.0349 e. The summed E-state index contributed by atoms with van der Waals surface area (Å²) < 4.78 is 0. The quantitative estimate of drug-likeness (QED) is 0.609. The Bertz CT molecular complexity index is 263. The molecule has 0 heteroatoms. The summed E-state index contributed by atoms with van der Waals surface area (Å²) in [5.41, 5.74) is 0. The van der Waals surface area contributed by atoms with E-state index in [0.717, 1.165) is 47.3 Å². The van der Waals surface area contributed by atoms with Crippen LogP contribution in [0.4, 0.5) is 0 Å². The van der Waals surface area contributed by atoms with Gasteiger partial charge in [-0.3, -0.25) is 0 Å². The van der Waals surface area contributed by atoms with E-state index in [2.05, 4.69) is 41.5 Å². The highest BCUT2D eigenvalue weighted by molar-refractivity contribution is 4.96. The van der Waals surface area contributed by atoms with Gasteiger partial charge in [0.1, 0.15) is 0 Å². The Hall–Kier alpha value is 0. The van der Waals surface area contributed by atoms with Crippen LogP contribution in [-0.4, -0.2) is 0 Å². The third-order valence-electron chi connectivity index (χ3n) is 6.29. The first kappa shape index (κ1) is 14.4. The Balaban J connectivity index is 2.16. The van der Waals surface area contributed by atoms with Gasteiger partial charge in [0.15, 0.2) is 0 Å². The second-order valence-corrected chi connectivity index (χ2v) is 8.20. The molecule has 106 valence electrons. The van der Waals surface area contributed by atoms with Gasteiger partial charge in [-0.05, 0) is 73.0 Å². The van der Waals surface area contributed by atoms with Gasteiger partial charge in [-0.25, -0.2) is 0 Å². The molecule has 5 unspecified atom stereocenters. The topological polar surface area (TPSA) is 0 Å². The number of hydrogen-bond acceptors (Lipinski definition) is 0. The Kier molecular flexibility index (Phi) is 4.44. The fraction of sp³-hybridized carbons (Fsp3) is 1.00. The zero-order valence-electron chi connectivity index (χ0n) is 13.4. The summed E-state index contributed by atoms with van der Waals surface area (Å²) in [4.78, 5) is 0. The van der Waals surface area contributed by atoms with Crippen molar-refractivity contribution < 1.29 is 0 Å². The number of hydrogen-bond donors (Lipinski definition) is 0. The molecule has 0 aliphatic heterocycles. The zero-order chi connectivity index (χ0) is 13.4. The summed E-state index contributed by atoms with van der Waals surface area (Å²) in [6, 6.07) is 0. The standard InChI is InChI=1S/C18H34/c1-11(2)14-9-17(13(5)6)16-8-7-15(12(3)4)18(16)10-14/h11-18H,7-10H2,1-6H3.